The zero-order chi connectivity index (χ0) is 56.1. The SMILES string of the molecule is COC(=O)C1=C(CC(=O)N2CCN(C3CC4CCC(C3)N4C)CC2)NC(C[S+]([O-])c2ccccc2)=C(C(=O)OC)[C@H]1c1c(Cl)cccc1Cl.O=C(O)CC(O)(CC(=O)O)C(=O)O.O=C(O)CC(O)(CC(=O)O)C(=O)O. The van der Waals surface area contributed by atoms with Crippen LogP contribution in [0.3, 0.4) is 0 Å². The summed E-state index contributed by atoms with van der Waals surface area (Å²) in [5.74, 6) is -13.0. The Kier molecular flexibility index (Phi) is 22.0. The van der Waals surface area contributed by atoms with Gasteiger partial charge in [0.2, 0.25) is 5.91 Å². The molecule has 4 aliphatic rings. The van der Waals surface area contributed by atoms with Gasteiger partial charge in [-0.25, -0.2) is 19.2 Å². The Balaban J connectivity index is 0.000000384. The molecule has 6 rings (SSSR count). The highest BCUT2D eigenvalue weighted by atomic mass is 35.5. The number of hydrogen-bond acceptors (Lipinski definition) is 17. The summed E-state index contributed by atoms with van der Waals surface area (Å²) in [6, 6.07) is 15.5. The van der Waals surface area contributed by atoms with E-state index >= 15 is 0 Å². The summed E-state index contributed by atoms with van der Waals surface area (Å²) in [6.07, 6.45) is 0.0781. The molecule has 4 atom stereocenters. The second-order valence-corrected chi connectivity index (χ2v) is 20.3. The van der Waals surface area contributed by atoms with Gasteiger partial charge in [0.25, 0.3) is 0 Å². The van der Waals surface area contributed by atoms with Crippen LogP contribution in [0, 0.1) is 0 Å². The fraction of sp³-hybridized carbons (Fsp3) is 0.479. The van der Waals surface area contributed by atoms with Crippen LogP contribution in [0.15, 0.2) is 76.0 Å². The summed E-state index contributed by atoms with van der Waals surface area (Å²) < 4.78 is 24.1. The number of carbonyl (C=O) groups excluding carboxylic acids is 3. The van der Waals surface area contributed by atoms with E-state index in [0.29, 0.717) is 36.1 Å². The normalized spacial score (nSPS) is 20.2. The first-order valence-corrected chi connectivity index (χ1v) is 25.0. The maximum Gasteiger partial charge on any atom is 0.336 e. The number of piperazine rings is 1. The summed E-state index contributed by atoms with van der Waals surface area (Å²) in [5, 5.41) is 71.2. The van der Waals surface area contributed by atoms with Gasteiger partial charge in [-0.3, -0.25) is 28.9 Å². The van der Waals surface area contributed by atoms with Crippen molar-refractivity contribution in [3.8, 4) is 0 Å². The standard InChI is InChI=1S/C36H42Cl2N4O6S.2C6H8O7/c1-40-22-12-13-23(40)19-24(18-22)41-14-16-42(17-15-41)30(43)20-28-32(35(44)47-2)34(31-26(37)10-7-11-27(31)38)33(36(45)48-3)29(39-28)21-49(46)25-8-5-4-6-9-25;2*7-3(8)1-6(13,5(11)12)2-4(9)10/h4-11,22-24,34,39H,12-21H2,1-3H3;2*13H,1-2H2,(H,7,8)(H,9,10)(H,11,12)/t22?,23?,24?,34-,49?;;/m0../s1. The lowest BCUT2D eigenvalue weighted by atomic mass is 9.79. The second-order valence-electron chi connectivity index (χ2n) is 18.0. The quantitative estimate of drug-likeness (QED) is 0.0717. The van der Waals surface area contributed by atoms with Gasteiger partial charge in [-0.15, -0.1) is 0 Å². The van der Waals surface area contributed by atoms with Crippen LogP contribution in [0.4, 0.5) is 0 Å². The van der Waals surface area contributed by atoms with Crippen LogP contribution in [-0.2, 0) is 63.8 Å². The number of dihydropyridines is 1. The van der Waals surface area contributed by atoms with Gasteiger partial charge in [-0.1, -0.05) is 47.5 Å². The van der Waals surface area contributed by atoms with E-state index in [1.807, 2.05) is 11.0 Å². The third-order valence-corrected chi connectivity index (χ3v) is 15.1. The maximum atomic E-state index is 14.0. The number of aliphatic hydroxyl groups is 2. The van der Waals surface area contributed by atoms with Crippen LogP contribution < -0.4 is 5.32 Å². The zero-order valence-corrected chi connectivity index (χ0v) is 43.1. The summed E-state index contributed by atoms with van der Waals surface area (Å²) >= 11 is 11.8. The molecule has 3 fully saturated rings. The molecule has 410 valence electrons. The van der Waals surface area contributed by atoms with E-state index in [2.05, 4.69) is 22.2 Å². The van der Waals surface area contributed by atoms with E-state index in [9.17, 15) is 47.7 Å². The average molecular weight is 1110 g/mol. The van der Waals surface area contributed by atoms with Crippen molar-refractivity contribution in [2.75, 3.05) is 53.2 Å². The van der Waals surface area contributed by atoms with Crippen molar-refractivity contribution in [2.45, 2.75) is 97.9 Å². The summed E-state index contributed by atoms with van der Waals surface area (Å²) in [7, 11) is 4.70. The largest absolute Gasteiger partial charge is 0.611 e. The molecule has 2 aromatic carbocycles. The van der Waals surface area contributed by atoms with Crippen molar-refractivity contribution >= 4 is 88.0 Å². The Morgan fingerprint density at radius 1 is 0.653 bits per heavy atom. The fourth-order valence-corrected chi connectivity index (χ4v) is 11.1. The first-order valence-electron chi connectivity index (χ1n) is 23.0. The Morgan fingerprint density at radius 2 is 1.08 bits per heavy atom. The first kappa shape index (κ1) is 61.2. The molecule has 9 N–H and O–H groups in total. The molecule has 0 saturated carbocycles. The second kappa shape index (κ2) is 26.9. The minimum Gasteiger partial charge on any atom is -0.611 e. The summed E-state index contributed by atoms with van der Waals surface area (Å²) in [6.45, 7) is 2.69. The number of piperidine rings is 1. The summed E-state index contributed by atoms with van der Waals surface area (Å²) in [5.41, 5.74) is -4.69. The molecule has 1 amide bonds. The average Bonchev–Trinajstić information content (AvgIpc) is 3.51. The zero-order valence-electron chi connectivity index (χ0n) is 40.8. The van der Waals surface area contributed by atoms with Crippen molar-refractivity contribution < 1.29 is 98.0 Å². The number of carbonyl (C=O) groups is 9. The molecule has 0 aromatic heterocycles. The highest BCUT2D eigenvalue weighted by molar-refractivity contribution is 7.91. The van der Waals surface area contributed by atoms with Crippen LogP contribution in [0.5, 0.6) is 0 Å². The molecule has 0 radical (unpaired) electrons. The molecule has 3 unspecified atom stereocenters. The van der Waals surface area contributed by atoms with Gasteiger partial charge in [-0.05, 0) is 68.2 Å². The Bertz CT molecular complexity index is 2440. The van der Waals surface area contributed by atoms with Gasteiger partial charge in [0, 0.05) is 65.6 Å². The van der Waals surface area contributed by atoms with Gasteiger partial charge < -0.3 is 70.0 Å². The minimum atomic E-state index is -2.74. The number of amides is 1. The molecule has 75 heavy (non-hydrogen) atoms. The Labute approximate surface area is 442 Å². The number of fused-ring (bicyclic) bond motifs is 2. The van der Waals surface area contributed by atoms with E-state index in [0.717, 1.165) is 25.9 Å². The topological polar surface area (TPSA) is 379 Å². The number of ether oxygens (including phenoxy) is 2. The van der Waals surface area contributed by atoms with Crippen LogP contribution in [0.25, 0.3) is 0 Å². The molecule has 2 aromatic rings. The van der Waals surface area contributed by atoms with Crippen molar-refractivity contribution in [1.29, 1.82) is 0 Å². The van der Waals surface area contributed by atoms with Gasteiger partial charge >= 0.3 is 47.8 Å². The number of carboxylic acid groups (broad SMARTS) is 6. The molecule has 2 bridgehead atoms. The fourth-order valence-electron chi connectivity index (χ4n) is 9.34. The van der Waals surface area contributed by atoms with E-state index < -0.39 is 102 Å². The third-order valence-electron chi connectivity index (χ3n) is 13.1. The number of halogens is 2. The van der Waals surface area contributed by atoms with Crippen LogP contribution in [-0.4, -0.2) is 196 Å². The lowest BCUT2D eigenvalue weighted by Gasteiger charge is -2.45. The van der Waals surface area contributed by atoms with Gasteiger partial charge in [-0.2, -0.15) is 0 Å². The highest BCUT2D eigenvalue weighted by Gasteiger charge is 2.45. The van der Waals surface area contributed by atoms with Gasteiger partial charge in [0.05, 0.1) is 69.1 Å². The van der Waals surface area contributed by atoms with Crippen molar-refractivity contribution in [3.63, 3.8) is 0 Å². The predicted octanol–water partition coefficient (Wildman–Crippen LogP) is 2.00. The smallest absolute Gasteiger partial charge is 0.336 e. The number of carboxylic acids is 6. The lowest BCUT2D eigenvalue weighted by molar-refractivity contribution is -0.170. The third kappa shape index (κ3) is 16.1. The summed E-state index contributed by atoms with van der Waals surface area (Å²) in [4.78, 5) is 110. The molecule has 4 aliphatic heterocycles. The van der Waals surface area contributed by atoms with Crippen LogP contribution in [0.1, 0.15) is 69.3 Å². The number of nitrogens with zero attached hydrogens (tertiary/aromatic N) is 3. The minimum absolute atomic E-state index is 0.0130. The highest BCUT2D eigenvalue weighted by Crippen LogP contribution is 2.46. The predicted molar refractivity (Wildman–Crippen MR) is 263 cm³/mol. The van der Waals surface area contributed by atoms with Crippen LogP contribution >= 0.6 is 23.2 Å². The number of hydrogen-bond donors (Lipinski definition) is 9. The van der Waals surface area contributed by atoms with Crippen LogP contribution in [0.2, 0.25) is 10.0 Å². The van der Waals surface area contributed by atoms with Gasteiger partial charge in [0.15, 0.2) is 21.9 Å². The molecule has 3 saturated heterocycles. The Hall–Kier alpha value is -6.32. The molecular weight excluding hydrogens is 1060 g/mol. The van der Waals surface area contributed by atoms with E-state index in [4.69, 9.17) is 73.5 Å². The van der Waals surface area contributed by atoms with E-state index in [-0.39, 0.29) is 56.2 Å². The molecule has 0 aliphatic carbocycles. The van der Waals surface area contributed by atoms with E-state index in [1.165, 1.54) is 27.1 Å². The van der Waals surface area contributed by atoms with Gasteiger partial charge in [0.1, 0.15) is 0 Å². The van der Waals surface area contributed by atoms with Crippen molar-refractivity contribution in [2.24, 2.45) is 0 Å². The number of methoxy groups -OCH3 is 2. The molecule has 0 spiro atoms. The maximum absolute atomic E-state index is 14.0. The first-order chi connectivity index (χ1) is 35.2. The molecule has 4 heterocycles. The number of esters is 2. The number of benzene rings is 2. The Morgan fingerprint density at radius 3 is 1.48 bits per heavy atom. The monoisotopic (exact) mass is 1110 g/mol. The van der Waals surface area contributed by atoms with Crippen molar-refractivity contribution in [1.82, 2.24) is 20.0 Å². The van der Waals surface area contributed by atoms with E-state index in [1.54, 1.807) is 42.5 Å². The number of aliphatic carboxylic acids is 6. The molecular formula is C48H58Cl2N4O20S. The molecule has 27 heteroatoms. The van der Waals surface area contributed by atoms with Crippen molar-refractivity contribution in [3.05, 3.63) is 86.7 Å². The number of rotatable bonds is 19. The molecule has 24 nitrogen and oxygen atoms in total. The number of nitrogens with one attached hydrogen (secondary N) is 1. The lowest BCUT2D eigenvalue weighted by Crippen LogP contribution is -2.56.